The second-order valence-corrected chi connectivity index (χ2v) is 6.08. The zero-order chi connectivity index (χ0) is 16.4. The Morgan fingerprint density at radius 1 is 1.25 bits per heavy atom. The number of ether oxygens (including phenoxy) is 1. The molecular weight excluding hydrogens is 302 g/mol. The zero-order valence-corrected chi connectivity index (χ0v) is 13.7. The highest BCUT2D eigenvalue weighted by atomic mass is 16.5. The third kappa shape index (κ3) is 2.92. The smallest absolute Gasteiger partial charge is 0.229 e. The summed E-state index contributed by atoms with van der Waals surface area (Å²) in [5.41, 5.74) is 3.11. The predicted molar refractivity (Wildman–Crippen MR) is 95.0 cm³/mol. The molecule has 4 rings (SSSR count). The van der Waals surface area contributed by atoms with Crippen LogP contribution in [0.25, 0.3) is 11.0 Å². The van der Waals surface area contributed by atoms with Gasteiger partial charge in [0.05, 0.1) is 7.11 Å². The number of anilines is 2. The Bertz CT molecular complexity index is 838. The van der Waals surface area contributed by atoms with Gasteiger partial charge < -0.3 is 20.4 Å². The van der Waals surface area contributed by atoms with Gasteiger partial charge in [-0.3, -0.25) is 0 Å². The van der Waals surface area contributed by atoms with Crippen molar-refractivity contribution < 1.29 is 4.74 Å². The van der Waals surface area contributed by atoms with Crippen molar-refractivity contribution in [3.8, 4) is 5.75 Å². The van der Waals surface area contributed by atoms with E-state index in [9.17, 15) is 0 Å². The summed E-state index contributed by atoms with van der Waals surface area (Å²) in [5.74, 6) is 1.96. The molecule has 0 unspecified atom stereocenters. The minimum Gasteiger partial charge on any atom is -0.497 e. The van der Waals surface area contributed by atoms with Crippen molar-refractivity contribution in [3.05, 3.63) is 42.2 Å². The number of nitrogens with one attached hydrogen (secondary N) is 3. The predicted octanol–water partition coefficient (Wildman–Crippen LogP) is 3.18. The lowest BCUT2D eigenvalue weighted by atomic mass is 9.91. The van der Waals surface area contributed by atoms with Crippen LogP contribution >= 0.6 is 0 Å². The molecule has 0 spiro atoms. The van der Waals surface area contributed by atoms with Gasteiger partial charge >= 0.3 is 0 Å². The number of rotatable bonds is 4. The fraction of sp³-hybridized carbons (Fsp3) is 0.333. The van der Waals surface area contributed by atoms with Crippen molar-refractivity contribution in [2.75, 3.05) is 25.5 Å². The van der Waals surface area contributed by atoms with Gasteiger partial charge in [-0.25, -0.2) is 4.98 Å². The van der Waals surface area contributed by atoms with E-state index in [0.717, 1.165) is 48.4 Å². The van der Waals surface area contributed by atoms with Crippen molar-refractivity contribution in [3.63, 3.8) is 0 Å². The molecule has 1 saturated heterocycles. The Balaban J connectivity index is 1.59. The van der Waals surface area contributed by atoms with Gasteiger partial charge in [-0.2, -0.15) is 4.98 Å². The summed E-state index contributed by atoms with van der Waals surface area (Å²) in [4.78, 5) is 12.4. The van der Waals surface area contributed by atoms with Crippen LogP contribution < -0.4 is 15.4 Å². The van der Waals surface area contributed by atoms with Crippen molar-refractivity contribution in [1.29, 1.82) is 0 Å². The van der Waals surface area contributed by atoms with Crippen LogP contribution in [-0.4, -0.2) is 35.2 Å². The SMILES string of the molecule is COc1cccc(Nc2ncc3c(C4CCNCC4)c[nH]c3n2)c1. The highest BCUT2D eigenvalue weighted by Crippen LogP contribution is 2.31. The molecule has 6 nitrogen and oxygen atoms in total. The van der Waals surface area contributed by atoms with Crippen LogP contribution in [0.4, 0.5) is 11.6 Å². The zero-order valence-electron chi connectivity index (χ0n) is 13.7. The first kappa shape index (κ1) is 15.0. The van der Waals surface area contributed by atoms with E-state index in [2.05, 4.69) is 31.8 Å². The second-order valence-electron chi connectivity index (χ2n) is 6.08. The van der Waals surface area contributed by atoms with E-state index < -0.39 is 0 Å². The Morgan fingerprint density at radius 2 is 2.12 bits per heavy atom. The molecule has 3 aromatic rings. The second kappa shape index (κ2) is 6.49. The molecule has 24 heavy (non-hydrogen) atoms. The third-order valence-corrected chi connectivity index (χ3v) is 4.57. The molecule has 0 atom stereocenters. The number of hydrogen-bond donors (Lipinski definition) is 3. The van der Waals surface area contributed by atoms with Gasteiger partial charge in [-0.1, -0.05) is 6.07 Å². The van der Waals surface area contributed by atoms with Gasteiger partial charge in [0.1, 0.15) is 11.4 Å². The topological polar surface area (TPSA) is 74.9 Å². The van der Waals surface area contributed by atoms with Crippen LogP contribution in [0.15, 0.2) is 36.7 Å². The van der Waals surface area contributed by atoms with E-state index in [0.29, 0.717) is 11.9 Å². The fourth-order valence-corrected chi connectivity index (χ4v) is 3.29. The average Bonchev–Trinajstić information content (AvgIpc) is 3.06. The van der Waals surface area contributed by atoms with Crippen molar-refractivity contribution in [2.45, 2.75) is 18.8 Å². The van der Waals surface area contributed by atoms with E-state index in [-0.39, 0.29) is 0 Å². The lowest BCUT2D eigenvalue weighted by Crippen LogP contribution is -2.26. The first-order valence-corrected chi connectivity index (χ1v) is 8.29. The number of aromatic amines is 1. The minimum absolute atomic E-state index is 0.578. The Labute approximate surface area is 140 Å². The Hall–Kier alpha value is -2.60. The summed E-state index contributed by atoms with van der Waals surface area (Å²) < 4.78 is 5.24. The molecule has 3 heterocycles. The molecule has 0 saturated carbocycles. The maximum Gasteiger partial charge on any atom is 0.229 e. The van der Waals surface area contributed by atoms with Crippen molar-refractivity contribution in [2.24, 2.45) is 0 Å². The maximum absolute atomic E-state index is 5.24. The molecule has 1 fully saturated rings. The van der Waals surface area contributed by atoms with Crippen molar-refractivity contribution in [1.82, 2.24) is 20.3 Å². The summed E-state index contributed by atoms with van der Waals surface area (Å²) in [7, 11) is 1.66. The number of nitrogens with zero attached hydrogens (tertiary/aromatic N) is 2. The Kier molecular flexibility index (Phi) is 4.04. The van der Waals surface area contributed by atoms with E-state index in [1.807, 2.05) is 30.5 Å². The quantitative estimate of drug-likeness (QED) is 0.687. The number of benzene rings is 1. The lowest BCUT2D eigenvalue weighted by molar-refractivity contribution is 0.415. The number of fused-ring (bicyclic) bond motifs is 1. The normalized spacial score (nSPS) is 15.5. The molecule has 1 aliphatic heterocycles. The minimum atomic E-state index is 0.578. The van der Waals surface area contributed by atoms with Gasteiger partial charge in [0, 0.05) is 29.5 Å². The lowest BCUT2D eigenvalue weighted by Gasteiger charge is -2.22. The third-order valence-electron chi connectivity index (χ3n) is 4.57. The van der Waals surface area contributed by atoms with E-state index in [1.165, 1.54) is 5.56 Å². The van der Waals surface area contributed by atoms with Crippen molar-refractivity contribution >= 4 is 22.7 Å². The van der Waals surface area contributed by atoms with Gasteiger partial charge in [-0.15, -0.1) is 0 Å². The number of methoxy groups -OCH3 is 1. The summed E-state index contributed by atoms with van der Waals surface area (Å²) >= 11 is 0. The molecule has 2 aromatic heterocycles. The van der Waals surface area contributed by atoms with Gasteiger partial charge in [0.15, 0.2) is 0 Å². The molecule has 0 amide bonds. The van der Waals surface area contributed by atoms with Crippen LogP contribution in [-0.2, 0) is 0 Å². The summed E-state index contributed by atoms with van der Waals surface area (Å²) in [6.07, 6.45) is 6.33. The molecule has 1 aliphatic rings. The molecule has 0 bridgehead atoms. The van der Waals surface area contributed by atoms with E-state index in [4.69, 9.17) is 4.74 Å². The van der Waals surface area contributed by atoms with Crippen LogP contribution in [0.2, 0.25) is 0 Å². The van der Waals surface area contributed by atoms with Crippen LogP contribution in [0, 0.1) is 0 Å². The van der Waals surface area contributed by atoms with E-state index >= 15 is 0 Å². The van der Waals surface area contributed by atoms with Gasteiger partial charge in [0.25, 0.3) is 0 Å². The molecule has 1 aromatic carbocycles. The number of H-pyrrole nitrogens is 1. The monoisotopic (exact) mass is 323 g/mol. The molecular formula is C18H21N5O. The van der Waals surface area contributed by atoms with Gasteiger partial charge in [-0.05, 0) is 49.5 Å². The number of hydrogen-bond acceptors (Lipinski definition) is 5. The van der Waals surface area contributed by atoms with Crippen LogP contribution in [0.5, 0.6) is 5.75 Å². The summed E-state index contributed by atoms with van der Waals surface area (Å²) in [5, 5.41) is 7.76. The first-order valence-electron chi connectivity index (χ1n) is 8.29. The molecule has 3 N–H and O–H groups in total. The Morgan fingerprint density at radius 3 is 2.96 bits per heavy atom. The van der Waals surface area contributed by atoms with Crippen LogP contribution in [0.1, 0.15) is 24.3 Å². The maximum atomic E-state index is 5.24. The molecule has 0 aliphatic carbocycles. The molecule has 0 radical (unpaired) electrons. The average molecular weight is 323 g/mol. The van der Waals surface area contributed by atoms with Crippen LogP contribution in [0.3, 0.4) is 0 Å². The highest BCUT2D eigenvalue weighted by molar-refractivity contribution is 5.80. The molecule has 124 valence electrons. The highest BCUT2D eigenvalue weighted by Gasteiger charge is 2.19. The standard InChI is InChI=1S/C18H21N5O/c1-24-14-4-2-3-13(9-14)22-18-21-11-16-15(10-20-17(16)23-18)12-5-7-19-8-6-12/h2-4,9-12,19H,5-8H2,1H3,(H2,20,21,22,23). The largest absolute Gasteiger partial charge is 0.497 e. The summed E-state index contributed by atoms with van der Waals surface area (Å²) in [6, 6.07) is 7.73. The summed E-state index contributed by atoms with van der Waals surface area (Å²) in [6.45, 7) is 2.15. The number of piperidine rings is 1. The fourth-order valence-electron chi connectivity index (χ4n) is 3.29. The van der Waals surface area contributed by atoms with Gasteiger partial charge in [0.2, 0.25) is 5.95 Å². The number of aromatic nitrogens is 3. The first-order chi connectivity index (χ1) is 11.8. The molecule has 6 heteroatoms. The van der Waals surface area contributed by atoms with E-state index in [1.54, 1.807) is 7.11 Å².